The Kier molecular flexibility index (Phi) is 8.48. The zero-order valence-electron chi connectivity index (χ0n) is 22.3. The molecule has 2 N–H and O–H groups in total. The second-order valence-electron chi connectivity index (χ2n) is 10.9. The zero-order chi connectivity index (χ0) is 26.6. The molecule has 0 radical (unpaired) electrons. The minimum Gasteiger partial charge on any atom is -0.365 e. The maximum absolute atomic E-state index is 13.1. The lowest BCUT2D eigenvalue weighted by molar-refractivity contribution is -0.134. The normalized spacial score (nSPS) is 22.4. The fourth-order valence-corrected chi connectivity index (χ4v) is 6.19. The lowest BCUT2D eigenvalue weighted by Crippen LogP contribution is -2.44. The molecule has 2 saturated heterocycles. The highest BCUT2D eigenvalue weighted by Crippen LogP contribution is 2.33. The number of carbonyl (C=O) groups is 2. The van der Waals surface area contributed by atoms with Crippen LogP contribution in [0.4, 0.5) is 17.5 Å². The number of likely N-dealkylation sites (tertiary alicyclic amines) is 2. The van der Waals surface area contributed by atoms with Crippen LogP contribution in [0.15, 0.2) is 34.9 Å². The van der Waals surface area contributed by atoms with Gasteiger partial charge in [-0.15, -0.1) is 0 Å². The monoisotopic (exact) mass is 583 g/mol. The molecule has 38 heavy (non-hydrogen) atoms. The molecule has 0 spiro atoms. The highest BCUT2D eigenvalue weighted by molar-refractivity contribution is 9.10. The predicted octanol–water partition coefficient (Wildman–Crippen LogP) is 4.35. The molecule has 3 fully saturated rings. The van der Waals surface area contributed by atoms with Gasteiger partial charge < -0.3 is 25.3 Å². The number of nitrogens with one attached hydrogen (secondary N) is 2. The van der Waals surface area contributed by atoms with Crippen molar-refractivity contribution in [3.05, 3.63) is 40.5 Å². The third-order valence-corrected chi connectivity index (χ3v) is 8.84. The summed E-state index contributed by atoms with van der Waals surface area (Å²) in [5, 5.41) is 6.77. The van der Waals surface area contributed by atoms with Crippen molar-refractivity contribution in [2.24, 2.45) is 5.92 Å². The minimum absolute atomic E-state index is 0.0101. The number of amides is 2. The van der Waals surface area contributed by atoms with Crippen LogP contribution in [-0.2, 0) is 4.79 Å². The van der Waals surface area contributed by atoms with E-state index in [0.717, 1.165) is 81.3 Å². The molecular formula is C28H38BrN7O2. The van der Waals surface area contributed by atoms with Gasteiger partial charge in [0, 0.05) is 49.7 Å². The summed E-state index contributed by atoms with van der Waals surface area (Å²) in [4.78, 5) is 41.4. The summed E-state index contributed by atoms with van der Waals surface area (Å²) >= 11 is 3.57. The van der Waals surface area contributed by atoms with E-state index in [1.165, 1.54) is 0 Å². The Morgan fingerprint density at radius 2 is 1.71 bits per heavy atom. The number of halogens is 1. The Labute approximate surface area is 233 Å². The molecule has 5 rings (SSSR count). The van der Waals surface area contributed by atoms with Crippen LogP contribution in [-0.4, -0.2) is 88.8 Å². The predicted molar refractivity (Wildman–Crippen MR) is 153 cm³/mol. The van der Waals surface area contributed by atoms with Gasteiger partial charge >= 0.3 is 0 Å². The average molecular weight is 585 g/mol. The smallest absolute Gasteiger partial charge is 0.253 e. The van der Waals surface area contributed by atoms with Gasteiger partial charge in [-0.25, -0.2) is 4.98 Å². The van der Waals surface area contributed by atoms with Crippen LogP contribution in [0.25, 0.3) is 0 Å². The maximum Gasteiger partial charge on any atom is 0.253 e. The summed E-state index contributed by atoms with van der Waals surface area (Å²) in [6.07, 6.45) is 8.84. The number of nitrogens with zero attached hydrogens (tertiary/aromatic N) is 5. The van der Waals surface area contributed by atoms with Crippen LogP contribution in [0.1, 0.15) is 55.3 Å². The number of hydrogen-bond donors (Lipinski definition) is 2. The highest BCUT2D eigenvalue weighted by atomic mass is 79.9. The Hall–Kier alpha value is -2.72. The summed E-state index contributed by atoms with van der Waals surface area (Å²) in [5.74, 6) is 1.45. The Morgan fingerprint density at radius 1 is 1.00 bits per heavy atom. The van der Waals surface area contributed by atoms with E-state index in [2.05, 4.69) is 43.5 Å². The number of piperidine rings is 1. The van der Waals surface area contributed by atoms with Crippen molar-refractivity contribution in [2.75, 3.05) is 50.9 Å². The van der Waals surface area contributed by atoms with Gasteiger partial charge in [0.2, 0.25) is 11.9 Å². The zero-order valence-corrected chi connectivity index (χ0v) is 23.9. The molecule has 2 aromatic rings. The van der Waals surface area contributed by atoms with Crippen LogP contribution in [0.5, 0.6) is 0 Å². The van der Waals surface area contributed by atoms with E-state index in [9.17, 15) is 9.59 Å². The minimum atomic E-state index is -0.0101. The van der Waals surface area contributed by atoms with Crippen molar-refractivity contribution in [3.63, 3.8) is 0 Å². The quantitative estimate of drug-likeness (QED) is 0.500. The van der Waals surface area contributed by atoms with E-state index in [4.69, 9.17) is 4.98 Å². The van der Waals surface area contributed by atoms with E-state index in [1.807, 2.05) is 41.1 Å². The second-order valence-corrected chi connectivity index (χ2v) is 11.7. The topological polar surface area (TPSA) is 93.7 Å². The molecule has 9 nitrogen and oxygen atoms in total. The molecule has 2 amide bonds. The van der Waals surface area contributed by atoms with Gasteiger partial charge in [0.15, 0.2) is 0 Å². The van der Waals surface area contributed by atoms with Crippen LogP contribution >= 0.6 is 15.9 Å². The summed E-state index contributed by atoms with van der Waals surface area (Å²) in [6.45, 7) is 3.80. The third-order valence-electron chi connectivity index (χ3n) is 8.26. The molecule has 0 unspecified atom stereocenters. The van der Waals surface area contributed by atoms with Gasteiger partial charge in [0.25, 0.3) is 5.91 Å². The van der Waals surface area contributed by atoms with Crippen LogP contribution < -0.4 is 10.6 Å². The number of carbonyl (C=O) groups excluding carboxylic acids is 2. The largest absolute Gasteiger partial charge is 0.365 e. The first-order chi connectivity index (χ1) is 18.4. The van der Waals surface area contributed by atoms with Crippen molar-refractivity contribution in [1.29, 1.82) is 0 Å². The standard InChI is InChI=1S/C28H38BrN7O2/c1-34-16-12-21(13-17-34)35(2)26(37)19-8-10-20(11-9-19)31-28-30-18-23(29)25(33-28)32-24-7-5-6-22(24)27(38)36-14-3-4-15-36/h8-11,18,21-22,24H,3-7,12-17H2,1-2H3,(H2,30,31,32,33)/t22-,24+/m0/s1. The number of hydrogen-bond acceptors (Lipinski definition) is 7. The summed E-state index contributed by atoms with van der Waals surface area (Å²) in [6, 6.07) is 7.81. The van der Waals surface area contributed by atoms with Crippen molar-refractivity contribution in [1.82, 2.24) is 24.7 Å². The van der Waals surface area contributed by atoms with E-state index in [-0.39, 0.29) is 29.8 Å². The van der Waals surface area contributed by atoms with Crippen LogP contribution in [0.2, 0.25) is 0 Å². The Balaban J connectivity index is 1.21. The molecule has 3 aliphatic rings. The Morgan fingerprint density at radius 3 is 2.42 bits per heavy atom. The van der Waals surface area contributed by atoms with E-state index < -0.39 is 0 Å². The fraction of sp³-hybridized carbons (Fsp3) is 0.571. The third kappa shape index (κ3) is 6.12. The van der Waals surface area contributed by atoms with Gasteiger partial charge in [-0.05, 0) is 98.9 Å². The SMILES string of the molecule is CN1CCC(N(C)C(=O)c2ccc(Nc3ncc(Br)c(N[C@@H]4CCC[C@@H]4C(=O)N4CCCC4)n3)cc2)CC1. The molecule has 10 heteroatoms. The maximum atomic E-state index is 13.1. The van der Waals surface area contributed by atoms with E-state index in [0.29, 0.717) is 17.3 Å². The van der Waals surface area contributed by atoms with Crippen molar-refractivity contribution in [3.8, 4) is 0 Å². The van der Waals surface area contributed by atoms with E-state index >= 15 is 0 Å². The highest BCUT2D eigenvalue weighted by Gasteiger charge is 2.36. The summed E-state index contributed by atoms with van der Waals surface area (Å²) in [7, 11) is 4.03. The molecule has 204 valence electrons. The summed E-state index contributed by atoms with van der Waals surface area (Å²) < 4.78 is 0.764. The van der Waals surface area contributed by atoms with Gasteiger partial charge in [0.05, 0.1) is 10.4 Å². The molecule has 2 atom stereocenters. The number of rotatable bonds is 7. The average Bonchev–Trinajstić information content (AvgIpc) is 3.63. The van der Waals surface area contributed by atoms with Crippen molar-refractivity contribution < 1.29 is 9.59 Å². The molecule has 2 aliphatic heterocycles. The lowest BCUT2D eigenvalue weighted by Gasteiger charge is -2.35. The molecule has 0 bridgehead atoms. The molecule has 3 heterocycles. The molecule has 1 aromatic carbocycles. The second kappa shape index (κ2) is 12.0. The first-order valence-electron chi connectivity index (χ1n) is 13.8. The number of aromatic nitrogens is 2. The lowest BCUT2D eigenvalue weighted by atomic mass is 10.0. The first kappa shape index (κ1) is 26.9. The Bertz CT molecular complexity index is 1130. The van der Waals surface area contributed by atoms with Crippen molar-refractivity contribution in [2.45, 2.75) is 57.0 Å². The molecule has 1 aromatic heterocycles. The van der Waals surface area contributed by atoms with Crippen molar-refractivity contribution >= 4 is 45.2 Å². The van der Waals surface area contributed by atoms with Crippen LogP contribution in [0.3, 0.4) is 0 Å². The van der Waals surface area contributed by atoms with Crippen LogP contribution in [0, 0.1) is 5.92 Å². The number of benzene rings is 1. The first-order valence-corrected chi connectivity index (χ1v) is 14.6. The molecule has 1 aliphatic carbocycles. The summed E-state index contributed by atoms with van der Waals surface area (Å²) in [5.41, 5.74) is 1.48. The van der Waals surface area contributed by atoms with E-state index in [1.54, 1.807) is 6.20 Å². The molecule has 1 saturated carbocycles. The number of anilines is 3. The van der Waals surface area contributed by atoms with Gasteiger partial charge in [-0.2, -0.15) is 4.98 Å². The van der Waals surface area contributed by atoms with Gasteiger partial charge in [0.1, 0.15) is 5.82 Å². The molecular weight excluding hydrogens is 546 g/mol. The van der Waals surface area contributed by atoms with Gasteiger partial charge in [-0.1, -0.05) is 6.42 Å². The van der Waals surface area contributed by atoms with Gasteiger partial charge in [-0.3, -0.25) is 9.59 Å². The fourth-order valence-electron chi connectivity index (χ4n) is 5.88.